The van der Waals surface area contributed by atoms with Crippen molar-refractivity contribution in [1.82, 2.24) is 15.3 Å². The van der Waals surface area contributed by atoms with Gasteiger partial charge in [0.2, 0.25) is 5.91 Å². The number of carbonyl (C=O) groups excluding carboxylic acids is 2. The van der Waals surface area contributed by atoms with E-state index in [1.165, 1.54) is 41.5 Å². The van der Waals surface area contributed by atoms with Crippen LogP contribution in [0.25, 0.3) is 10.2 Å². The van der Waals surface area contributed by atoms with E-state index in [4.69, 9.17) is 0 Å². The molecule has 1 aliphatic rings. The Bertz CT molecular complexity index is 1000. The van der Waals surface area contributed by atoms with Gasteiger partial charge in [-0.2, -0.15) is 0 Å². The summed E-state index contributed by atoms with van der Waals surface area (Å²) in [5, 5.41) is 6.92. The summed E-state index contributed by atoms with van der Waals surface area (Å²) in [6.45, 7) is 0. The molecule has 2 N–H and O–H groups in total. The predicted octanol–water partition coefficient (Wildman–Crippen LogP) is 4.40. The van der Waals surface area contributed by atoms with Crippen LogP contribution in [0.3, 0.4) is 0 Å². The lowest BCUT2D eigenvalue weighted by Gasteiger charge is -2.07. The summed E-state index contributed by atoms with van der Waals surface area (Å²) >= 11 is 3.10. The van der Waals surface area contributed by atoms with Gasteiger partial charge in [0.05, 0.1) is 5.75 Å². The number of amides is 3. The third kappa shape index (κ3) is 4.34. The van der Waals surface area contributed by atoms with E-state index in [1.807, 2.05) is 18.2 Å². The summed E-state index contributed by atoms with van der Waals surface area (Å²) < 4.78 is 0. The molecule has 28 heavy (non-hydrogen) atoms. The van der Waals surface area contributed by atoms with Crippen LogP contribution in [0.5, 0.6) is 0 Å². The van der Waals surface area contributed by atoms with E-state index < -0.39 is 6.03 Å². The molecule has 0 saturated heterocycles. The highest BCUT2D eigenvalue weighted by molar-refractivity contribution is 8.00. The third-order valence-electron chi connectivity index (χ3n) is 4.59. The van der Waals surface area contributed by atoms with Crippen LogP contribution in [0, 0.1) is 0 Å². The number of urea groups is 1. The van der Waals surface area contributed by atoms with Gasteiger partial charge in [0.1, 0.15) is 16.2 Å². The highest BCUT2D eigenvalue weighted by atomic mass is 32.2. The van der Waals surface area contributed by atoms with Crippen LogP contribution >= 0.6 is 23.1 Å². The van der Waals surface area contributed by atoms with Gasteiger partial charge in [-0.05, 0) is 43.4 Å². The number of benzene rings is 1. The van der Waals surface area contributed by atoms with Crippen LogP contribution in [0.4, 0.5) is 10.5 Å². The Labute approximate surface area is 171 Å². The Balaban J connectivity index is 1.42. The molecule has 0 radical (unpaired) electrons. The molecule has 3 amide bonds. The van der Waals surface area contributed by atoms with Gasteiger partial charge in [-0.1, -0.05) is 36.4 Å². The first-order chi connectivity index (χ1) is 13.7. The highest BCUT2D eigenvalue weighted by Gasteiger charge is 2.20. The quantitative estimate of drug-likeness (QED) is 0.377. The van der Waals surface area contributed by atoms with Gasteiger partial charge >= 0.3 is 6.03 Å². The maximum absolute atomic E-state index is 12.2. The highest BCUT2D eigenvalue weighted by Crippen LogP contribution is 2.38. The largest absolute Gasteiger partial charge is 0.325 e. The molecule has 0 spiro atoms. The molecule has 0 atom stereocenters. The number of hydrogen-bond acceptors (Lipinski definition) is 6. The van der Waals surface area contributed by atoms with Crippen molar-refractivity contribution in [2.45, 2.75) is 37.1 Å². The fraction of sp³-hybridized carbons (Fsp3) is 0.300. The Morgan fingerprint density at radius 1 is 1.07 bits per heavy atom. The number of nitrogens with zero attached hydrogens (tertiary/aromatic N) is 2. The second-order valence-electron chi connectivity index (χ2n) is 6.58. The second-order valence-corrected chi connectivity index (χ2v) is 8.63. The number of imide groups is 1. The first-order valence-corrected chi connectivity index (χ1v) is 11.0. The lowest BCUT2D eigenvalue weighted by Crippen LogP contribution is -2.35. The van der Waals surface area contributed by atoms with Gasteiger partial charge < -0.3 is 5.32 Å². The number of rotatable bonds is 4. The molecule has 0 fully saturated rings. The average molecular weight is 413 g/mol. The minimum atomic E-state index is -0.533. The number of hydrogen-bond donors (Lipinski definition) is 2. The minimum Gasteiger partial charge on any atom is -0.308 e. The number of anilines is 1. The number of carbonyl (C=O) groups is 2. The van der Waals surface area contributed by atoms with E-state index in [2.05, 4.69) is 20.6 Å². The van der Waals surface area contributed by atoms with Crippen molar-refractivity contribution in [1.29, 1.82) is 0 Å². The fourth-order valence-electron chi connectivity index (χ4n) is 3.33. The molecule has 0 aliphatic heterocycles. The summed E-state index contributed by atoms with van der Waals surface area (Å²) in [7, 11) is 0. The van der Waals surface area contributed by atoms with Gasteiger partial charge in [0, 0.05) is 16.0 Å². The normalized spacial score (nSPS) is 13.6. The zero-order chi connectivity index (χ0) is 19.3. The van der Waals surface area contributed by atoms with Crippen LogP contribution in [0.15, 0.2) is 41.7 Å². The molecule has 2 aromatic heterocycles. The molecule has 8 heteroatoms. The summed E-state index contributed by atoms with van der Waals surface area (Å²) in [5.74, 6) is -0.231. The number of aromatic nitrogens is 2. The zero-order valence-corrected chi connectivity index (χ0v) is 16.9. The predicted molar refractivity (Wildman–Crippen MR) is 113 cm³/mol. The molecule has 1 aliphatic carbocycles. The Morgan fingerprint density at radius 2 is 1.89 bits per heavy atom. The van der Waals surface area contributed by atoms with Crippen molar-refractivity contribution in [3.8, 4) is 0 Å². The van der Waals surface area contributed by atoms with Crippen LogP contribution in [0.1, 0.15) is 29.7 Å². The zero-order valence-electron chi connectivity index (χ0n) is 15.2. The Hall–Kier alpha value is -2.45. The lowest BCUT2D eigenvalue weighted by molar-refractivity contribution is -0.117. The molecule has 4 rings (SSSR count). The third-order valence-corrected chi connectivity index (χ3v) is 6.78. The smallest absolute Gasteiger partial charge is 0.308 e. The van der Waals surface area contributed by atoms with E-state index in [0.717, 1.165) is 28.1 Å². The first-order valence-electron chi connectivity index (χ1n) is 9.24. The van der Waals surface area contributed by atoms with E-state index >= 15 is 0 Å². The number of aryl methyl sites for hydroxylation is 2. The number of nitrogens with one attached hydrogen (secondary N) is 2. The van der Waals surface area contributed by atoms with Crippen molar-refractivity contribution in [3.63, 3.8) is 0 Å². The number of para-hydroxylation sites is 1. The molecule has 0 bridgehead atoms. The molecule has 3 aromatic rings. The van der Waals surface area contributed by atoms with Crippen LogP contribution in [-0.2, 0) is 17.6 Å². The van der Waals surface area contributed by atoms with E-state index in [-0.39, 0.29) is 11.7 Å². The summed E-state index contributed by atoms with van der Waals surface area (Å²) in [5.41, 5.74) is 1.99. The fourth-order valence-corrected chi connectivity index (χ4v) is 5.45. The standard InChI is InChI=1S/C20H20N4O2S2/c25-16(24-20(26)23-13-7-3-1-4-8-13)11-27-18-17-14-9-5-2-6-10-15(14)28-19(17)22-12-21-18/h1,3-4,7-8,12H,2,5-6,9-11H2,(H2,23,24,25,26). The van der Waals surface area contributed by atoms with E-state index in [1.54, 1.807) is 29.8 Å². The number of fused-ring (bicyclic) bond motifs is 3. The van der Waals surface area contributed by atoms with E-state index in [9.17, 15) is 9.59 Å². The summed E-state index contributed by atoms with van der Waals surface area (Å²) in [6.07, 6.45) is 7.34. The minimum absolute atomic E-state index is 0.124. The SMILES string of the molecule is O=C(CSc1ncnc2sc3c(c12)CCCCC3)NC(=O)Nc1ccccc1. The second kappa shape index (κ2) is 8.70. The maximum atomic E-state index is 12.2. The van der Waals surface area contributed by atoms with Gasteiger partial charge in [-0.3, -0.25) is 10.1 Å². The first kappa shape index (κ1) is 18.9. The molecule has 1 aromatic carbocycles. The Morgan fingerprint density at radius 3 is 2.75 bits per heavy atom. The van der Waals surface area contributed by atoms with E-state index in [0.29, 0.717) is 5.69 Å². The summed E-state index contributed by atoms with van der Waals surface area (Å²) in [4.78, 5) is 35.4. The summed E-state index contributed by atoms with van der Waals surface area (Å²) in [6, 6.07) is 8.49. The van der Waals surface area contributed by atoms with Gasteiger partial charge in [-0.25, -0.2) is 14.8 Å². The van der Waals surface area contributed by atoms with Crippen LogP contribution in [0.2, 0.25) is 0 Å². The lowest BCUT2D eigenvalue weighted by atomic mass is 10.1. The topological polar surface area (TPSA) is 84.0 Å². The van der Waals surface area contributed by atoms with Crippen molar-refractivity contribution in [2.75, 3.05) is 11.1 Å². The molecular weight excluding hydrogens is 392 g/mol. The van der Waals surface area contributed by atoms with Crippen molar-refractivity contribution in [2.24, 2.45) is 0 Å². The van der Waals surface area contributed by atoms with Gasteiger partial charge in [0.25, 0.3) is 0 Å². The average Bonchev–Trinajstić information content (AvgIpc) is 2.89. The molecule has 6 nitrogen and oxygen atoms in total. The Kier molecular flexibility index (Phi) is 5.87. The van der Waals surface area contributed by atoms with Crippen molar-refractivity contribution in [3.05, 3.63) is 47.1 Å². The molecular formula is C20H20N4O2S2. The molecule has 2 heterocycles. The molecule has 144 valence electrons. The van der Waals surface area contributed by atoms with Crippen molar-refractivity contribution < 1.29 is 9.59 Å². The molecule has 0 unspecified atom stereocenters. The van der Waals surface area contributed by atoms with Crippen molar-refractivity contribution >= 4 is 50.9 Å². The monoisotopic (exact) mass is 412 g/mol. The maximum Gasteiger partial charge on any atom is 0.325 e. The van der Waals surface area contributed by atoms with Gasteiger partial charge in [0.15, 0.2) is 0 Å². The number of thiophene rings is 1. The van der Waals surface area contributed by atoms with Gasteiger partial charge in [-0.15, -0.1) is 11.3 Å². The van der Waals surface area contributed by atoms with Crippen LogP contribution < -0.4 is 10.6 Å². The van der Waals surface area contributed by atoms with Crippen LogP contribution in [-0.4, -0.2) is 27.7 Å². The molecule has 0 saturated carbocycles. The number of thioether (sulfide) groups is 1.